The van der Waals surface area contributed by atoms with Gasteiger partial charge in [-0.1, -0.05) is 11.8 Å². The van der Waals surface area contributed by atoms with Crippen LogP contribution >= 0.6 is 11.8 Å². The molecule has 2 aliphatic rings. The molecule has 1 unspecified atom stereocenters. The van der Waals surface area contributed by atoms with E-state index >= 15 is 0 Å². The first-order valence-electron chi connectivity index (χ1n) is 9.65. The molecule has 12 nitrogen and oxygen atoms in total. The Kier molecular flexibility index (Phi) is 5.91. The molecule has 0 radical (unpaired) electrons. The highest BCUT2D eigenvalue weighted by Gasteiger charge is 2.75. The molecule has 31 heavy (non-hydrogen) atoms. The van der Waals surface area contributed by atoms with Gasteiger partial charge in [0.25, 0.3) is 0 Å². The standard InChI is InChI=1S/C18H25N5O7S/c1-7(21-16(29)30-17(2,3)4)12(24)22-18(14(27)28)5-8(31-15-19-6-20-23-15)9-10(11(9)18)13(25)26/h6-11H,5H2,1-4H3,(H,21,29)(H,22,24)(H,25,26)(H,27,28)(H,19,20,23)/t7?,8-,9-,10-,11-,18-/m0/s1. The Labute approximate surface area is 181 Å². The maximum absolute atomic E-state index is 12.7. The van der Waals surface area contributed by atoms with Gasteiger partial charge in [-0.15, -0.1) is 0 Å². The highest BCUT2D eigenvalue weighted by atomic mass is 32.2. The number of rotatable bonds is 7. The summed E-state index contributed by atoms with van der Waals surface area (Å²) in [6, 6.07) is -1.09. The van der Waals surface area contributed by atoms with Gasteiger partial charge in [-0.05, 0) is 40.0 Å². The number of H-pyrrole nitrogens is 1. The van der Waals surface area contributed by atoms with Gasteiger partial charge < -0.3 is 25.6 Å². The van der Waals surface area contributed by atoms with E-state index in [1.807, 2.05) is 0 Å². The molecule has 0 spiro atoms. The molecule has 170 valence electrons. The van der Waals surface area contributed by atoms with Crippen LogP contribution in [-0.4, -0.2) is 71.8 Å². The van der Waals surface area contributed by atoms with Gasteiger partial charge in [-0.3, -0.25) is 14.7 Å². The van der Waals surface area contributed by atoms with E-state index in [2.05, 4.69) is 25.8 Å². The number of thioether (sulfide) groups is 1. The maximum Gasteiger partial charge on any atom is 0.408 e. The third-order valence-corrected chi connectivity index (χ3v) is 6.60. The van der Waals surface area contributed by atoms with Crippen LogP contribution in [0.5, 0.6) is 0 Å². The third-order valence-electron chi connectivity index (χ3n) is 5.39. The molecule has 0 saturated heterocycles. The fraction of sp³-hybridized carbons (Fsp3) is 0.667. The Morgan fingerprint density at radius 1 is 1.32 bits per heavy atom. The van der Waals surface area contributed by atoms with Crippen LogP contribution in [0.25, 0.3) is 0 Å². The molecule has 1 aromatic heterocycles. The molecule has 2 fully saturated rings. The summed E-state index contributed by atoms with van der Waals surface area (Å²) in [6.45, 7) is 6.40. The lowest BCUT2D eigenvalue weighted by molar-refractivity contribution is -0.150. The van der Waals surface area contributed by atoms with Gasteiger partial charge in [-0.25, -0.2) is 14.6 Å². The molecule has 2 saturated carbocycles. The Hall–Kier alpha value is -2.83. The number of ether oxygens (including phenoxy) is 1. The molecule has 13 heteroatoms. The molecule has 0 aliphatic heterocycles. The second-order valence-electron chi connectivity index (χ2n) is 8.75. The summed E-state index contributed by atoms with van der Waals surface area (Å²) < 4.78 is 5.11. The fourth-order valence-corrected chi connectivity index (χ4v) is 5.49. The first-order valence-corrected chi connectivity index (χ1v) is 10.5. The molecule has 2 aliphatic carbocycles. The minimum Gasteiger partial charge on any atom is -0.481 e. The van der Waals surface area contributed by atoms with Crippen molar-refractivity contribution in [2.75, 3.05) is 0 Å². The van der Waals surface area contributed by atoms with Crippen LogP contribution in [0.15, 0.2) is 11.5 Å². The van der Waals surface area contributed by atoms with Crippen molar-refractivity contribution in [1.29, 1.82) is 0 Å². The summed E-state index contributed by atoms with van der Waals surface area (Å²) in [5.74, 6) is -5.30. The van der Waals surface area contributed by atoms with Crippen LogP contribution in [-0.2, 0) is 19.1 Å². The number of carbonyl (C=O) groups is 4. The van der Waals surface area contributed by atoms with Gasteiger partial charge >= 0.3 is 18.0 Å². The number of hydrogen-bond donors (Lipinski definition) is 5. The Morgan fingerprint density at radius 2 is 2.00 bits per heavy atom. The summed E-state index contributed by atoms with van der Waals surface area (Å²) in [5, 5.41) is 30.9. The minimum atomic E-state index is -1.77. The zero-order valence-electron chi connectivity index (χ0n) is 17.4. The van der Waals surface area contributed by atoms with E-state index in [-0.39, 0.29) is 6.42 Å². The number of carboxylic acids is 2. The average molecular weight is 455 g/mol. The molecular formula is C18H25N5O7S. The largest absolute Gasteiger partial charge is 0.481 e. The molecule has 0 bridgehead atoms. The van der Waals surface area contributed by atoms with E-state index < -0.39 is 64.1 Å². The zero-order valence-corrected chi connectivity index (χ0v) is 18.2. The van der Waals surface area contributed by atoms with Crippen LogP contribution in [0.4, 0.5) is 4.79 Å². The van der Waals surface area contributed by atoms with Crippen LogP contribution < -0.4 is 10.6 Å². The normalized spacial score (nSPS) is 30.1. The van der Waals surface area contributed by atoms with Crippen molar-refractivity contribution in [2.24, 2.45) is 17.8 Å². The van der Waals surface area contributed by atoms with Crippen molar-refractivity contribution in [3.05, 3.63) is 6.33 Å². The predicted octanol–water partition coefficient (Wildman–Crippen LogP) is 0.469. The highest BCUT2D eigenvalue weighted by Crippen LogP contribution is 2.65. The number of alkyl carbamates (subject to hydrolysis) is 1. The quantitative estimate of drug-likeness (QED) is 0.387. The maximum atomic E-state index is 12.7. The lowest BCUT2D eigenvalue weighted by Gasteiger charge is -2.31. The number of aromatic amines is 1. The summed E-state index contributed by atoms with van der Waals surface area (Å²) in [6.07, 6.45) is 0.488. The summed E-state index contributed by atoms with van der Waals surface area (Å²) >= 11 is 1.20. The lowest BCUT2D eigenvalue weighted by atomic mass is 9.89. The Bertz CT molecular complexity index is 886. The molecule has 0 aromatic carbocycles. The smallest absolute Gasteiger partial charge is 0.408 e. The van der Waals surface area contributed by atoms with Gasteiger partial charge in [0, 0.05) is 11.2 Å². The van der Waals surface area contributed by atoms with Crippen molar-refractivity contribution in [3.63, 3.8) is 0 Å². The first-order chi connectivity index (χ1) is 14.4. The van der Waals surface area contributed by atoms with Crippen molar-refractivity contribution >= 4 is 35.7 Å². The molecule has 3 rings (SSSR count). The van der Waals surface area contributed by atoms with Gasteiger partial charge in [0.1, 0.15) is 23.5 Å². The number of carboxylic acid groups (broad SMARTS) is 2. The number of amides is 2. The van der Waals surface area contributed by atoms with E-state index in [4.69, 9.17) is 4.74 Å². The van der Waals surface area contributed by atoms with E-state index in [1.165, 1.54) is 25.0 Å². The number of nitrogens with zero attached hydrogens (tertiary/aromatic N) is 2. The highest BCUT2D eigenvalue weighted by molar-refractivity contribution is 7.99. The Balaban J connectivity index is 1.76. The Morgan fingerprint density at radius 3 is 2.52 bits per heavy atom. The van der Waals surface area contributed by atoms with Gasteiger partial charge in [0.05, 0.1) is 5.92 Å². The number of carbonyl (C=O) groups excluding carboxylic acids is 2. The molecule has 6 atom stereocenters. The molecule has 2 amide bonds. The summed E-state index contributed by atoms with van der Waals surface area (Å²) in [5.41, 5.74) is -2.54. The van der Waals surface area contributed by atoms with Crippen molar-refractivity contribution in [3.8, 4) is 0 Å². The van der Waals surface area contributed by atoms with Crippen LogP contribution in [0, 0.1) is 17.8 Å². The van der Waals surface area contributed by atoms with E-state index in [1.54, 1.807) is 20.8 Å². The van der Waals surface area contributed by atoms with Crippen LogP contribution in [0.3, 0.4) is 0 Å². The first kappa shape index (κ1) is 22.8. The van der Waals surface area contributed by atoms with Gasteiger partial charge in [0.15, 0.2) is 5.16 Å². The number of fused-ring (bicyclic) bond motifs is 1. The second-order valence-corrected chi connectivity index (χ2v) is 9.98. The van der Waals surface area contributed by atoms with Gasteiger partial charge in [0.2, 0.25) is 5.91 Å². The predicted molar refractivity (Wildman–Crippen MR) is 106 cm³/mol. The molecule has 1 heterocycles. The lowest BCUT2D eigenvalue weighted by Crippen LogP contribution is -2.60. The van der Waals surface area contributed by atoms with Crippen LogP contribution in [0.1, 0.15) is 34.1 Å². The number of aliphatic carboxylic acids is 2. The zero-order chi connectivity index (χ0) is 23.1. The van der Waals surface area contributed by atoms with Crippen molar-refractivity contribution in [2.45, 2.75) is 61.7 Å². The average Bonchev–Trinajstić information content (AvgIpc) is 3.03. The van der Waals surface area contributed by atoms with Crippen molar-refractivity contribution in [1.82, 2.24) is 25.8 Å². The topological polar surface area (TPSA) is 184 Å². The summed E-state index contributed by atoms with van der Waals surface area (Å²) in [7, 11) is 0. The monoisotopic (exact) mass is 455 g/mol. The number of aromatic nitrogens is 3. The minimum absolute atomic E-state index is 0.0116. The molecule has 1 aromatic rings. The molecule has 5 N–H and O–H groups in total. The fourth-order valence-electron chi connectivity index (χ4n) is 4.15. The second kappa shape index (κ2) is 8.02. The van der Waals surface area contributed by atoms with E-state index in [0.29, 0.717) is 5.16 Å². The van der Waals surface area contributed by atoms with Crippen molar-refractivity contribution < 1.29 is 34.1 Å². The summed E-state index contributed by atoms with van der Waals surface area (Å²) in [4.78, 5) is 52.7. The number of nitrogens with one attached hydrogen (secondary N) is 3. The van der Waals surface area contributed by atoms with E-state index in [9.17, 15) is 29.4 Å². The molecular weight excluding hydrogens is 430 g/mol. The SMILES string of the molecule is CC(NC(=O)OC(C)(C)C)C(=O)N[C@@]1(C(=O)O)C[C@H](Sc2ncn[nH]2)[C@H]2[C@H](C(=O)O)[C@H]21. The number of hydrogen-bond acceptors (Lipinski definition) is 8. The van der Waals surface area contributed by atoms with Gasteiger partial charge in [-0.2, -0.15) is 5.10 Å². The van der Waals surface area contributed by atoms with E-state index in [0.717, 1.165) is 0 Å². The van der Waals surface area contributed by atoms with Crippen LogP contribution in [0.2, 0.25) is 0 Å². The third kappa shape index (κ3) is 4.60.